The Morgan fingerprint density at radius 2 is 1.97 bits per heavy atom. The molecule has 182 valence electrons. The Hall–Kier alpha value is -3.99. The second-order valence-corrected chi connectivity index (χ2v) is 8.06. The molecule has 35 heavy (non-hydrogen) atoms. The zero-order valence-corrected chi connectivity index (χ0v) is 18.8. The number of aliphatic hydroxyl groups excluding tert-OH is 1. The third kappa shape index (κ3) is 3.77. The fourth-order valence-corrected chi connectivity index (χ4v) is 4.17. The molecule has 3 heterocycles. The molecule has 1 unspecified atom stereocenters. The number of rotatable bonds is 5. The van der Waals surface area contributed by atoms with Crippen molar-refractivity contribution >= 4 is 11.9 Å². The molecule has 5 rings (SSSR count). The van der Waals surface area contributed by atoms with Crippen molar-refractivity contribution in [3.05, 3.63) is 82.9 Å². The molecule has 0 saturated carbocycles. The van der Waals surface area contributed by atoms with Crippen molar-refractivity contribution in [1.29, 1.82) is 0 Å². The van der Waals surface area contributed by atoms with E-state index < -0.39 is 29.8 Å². The maximum Gasteiger partial charge on any atom is 0.260 e. The molecule has 1 aromatic heterocycles. The third-order valence-corrected chi connectivity index (χ3v) is 5.91. The monoisotopic (exact) mass is 486 g/mol. The summed E-state index contributed by atoms with van der Waals surface area (Å²) in [6.07, 6.45) is 5.27. The Morgan fingerprint density at radius 1 is 1.20 bits per heavy atom. The molecule has 1 N–H and O–H groups in total. The van der Waals surface area contributed by atoms with Gasteiger partial charge in [-0.2, -0.15) is 0 Å². The predicted molar refractivity (Wildman–Crippen MR) is 119 cm³/mol. The van der Waals surface area contributed by atoms with E-state index >= 15 is 0 Å². The van der Waals surface area contributed by atoms with Crippen LogP contribution >= 0.6 is 0 Å². The van der Waals surface area contributed by atoms with Crippen molar-refractivity contribution in [3.63, 3.8) is 0 Å². The third-order valence-electron chi connectivity index (χ3n) is 5.91. The van der Waals surface area contributed by atoms with Crippen molar-refractivity contribution in [3.8, 4) is 11.4 Å². The molecule has 0 radical (unpaired) electrons. The van der Waals surface area contributed by atoms with Crippen LogP contribution in [0.4, 0.5) is 13.2 Å². The van der Waals surface area contributed by atoms with Crippen molar-refractivity contribution in [2.45, 2.75) is 12.6 Å². The minimum Gasteiger partial charge on any atom is -0.495 e. The Labute approximate surface area is 198 Å². The van der Waals surface area contributed by atoms with Gasteiger partial charge in [0.25, 0.3) is 5.72 Å². The van der Waals surface area contributed by atoms with Gasteiger partial charge in [0, 0.05) is 11.8 Å². The van der Waals surface area contributed by atoms with Crippen LogP contribution < -0.4 is 4.74 Å². The summed E-state index contributed by atoms with van der Waals surface area (Å²) in [6.45, 7) is 1.59. The van der Waals surface area contributed by atoms with Gasteiger partial charge in [0.05, 0.1) is 31.4 Å². The summed E-state index contributed by atoms with van der Waals surface area (Å²) in [5, 5.41) is 14.2. The lowest BCUT2D eigenvalue weighted by Crippen LogP contribution is -2.52. The lowest BCUT2D eigenvalue weighted by molar-refractivity contribution is -0.141. The fourth-order valence-electron chi connectivity index (χ4n) is 4.17. The minimum absolute atomic E-state index is 0.113. The van der Waals surface area contributed by atoms with Crippen molar-refractivity contribution < 1.29 is 32.6 Å². The van der Waals surface area contributed by atoms with E-state index in [1.54, 1.807) is 25.6 Å². The number of aryl methyl sites for hydroxylation is 1. The van der Waals surface area contributed by atoms with E-state index in [1.165, 1.54) is 4.90 Å². The molecular weight excluding hydrogens is 465 g/mol. The van der Waals surface area contributed by atoms with Crippen LogP contribution in [0.1, 0.15) is 16.8 Å². The number of amidine groups is 1. The summed E-state index contributed by atoms with van der Waals surface area (Å²) in [4.78, 5) is 11.3. The lowest BCUT2D eigenvalue weighted by atomic mass is 10.00. The van der Waals surface area contributed by atoms with Crippen LogP contribution in [0.5, 0.6) is 5.75 Å². The Bertz CT molecular complexity index is 1330. The zero-order valence-electron chi connectivity index (χ0n) is 18.8. The number of hydrogen-bond acceptors (Lipinski definition) is 7. The molecule has 2 aliphatic heterocycles. The summed E-state index contributed by atoms with van der Waals surface area (Å²) >= 11 is 0. The molecule has 11 heteroatoms. The quantitative estimate of drug-likeness (QED) is 0.557. The number of ether oxygens (including phenoxy) is 2. The number of fused-ring (bicyclic) bond motifs is 1. The number of oxime groups is 1. The average Bonchev–Trinajstić information content (AvgIpc) is 3.47. The Morgan fingerprint density at radius 3 is 2.63 bits per heavy atom. The number of halogens is 3. The van der Waals surface area contributed by atoms with Gasteiger partial charge < -0.3 is 28.9 Å². The van der Waals surface area contributed by atoms with Gasteiger partial charge in [-0.15, -0.1) is 0 Å². The second kappa shape index (κ2) is 8.66. The van der Waals surface area contributed by atoms with Crippen molar-refractivity contribution in [1.82, 2.24) is 14.5 Å². The van der Waals surface area contributed by atoms with E-state index in [0.29, 0.717) is 11.5 Å². The molecule has 2 aliphatic rings. The Balaban J connectivity index is 1.49. The highest BCUT2D eigenvalue weighted by Crippen LogP contribution is 2.39. The maximum absolute atomic E-state index is 14.0. The Kier molecular flexibility index (Phi) is 5.64. The molecule has 0 amide bonds. The van der Waals surface area contributed by atoms with Crippen molar-refractivity contribution in [2.75, 3.05) is 26.9 Å². The van der Waals surface area contributed by atoms with Crippen LogP contribution in [0.25, 0.3) is 11.8 Å². The maximum atomic E-state index is 14.0. The number of nitrogens with zero attached hydrogens (tertiary/aromatic N) is 4. The molecule has 8 nitrogen and oxygen atoms in total. The first-order valence-corrected chi connectivity index (χ1v) is 10.7. The van der Waals surface area contributed by atoms with Crippen LogP contribution in [-0.4, -0.2) is 52.3 Å². The van der Waals surface area contributed by atoms with E-state index in [4.69, 9.17) is 14.3 Å². The van der Waals surface area contributed by atoms with Gasteiger partial charge in [-0.25, -0.2) is 18.2 Å². The van der Waals surface area contributed by atoms with Crippen LogP contribution in [0.3, 0.4) is 0 Å². The minimum atomic E-state index is -1.73. The van der Waals surface area contributed by atoms with E-state index in [9.17, 15) is 18.3 Å². The highest BCUT2D eigenvalue weighted by atomic mass is 19.2. The molecule has 0 aliphatic carbocycles. The summed E-state index contributed by atoms with van der Waals surface area (Å²) in [5.41, 5.74) is 0.540. The first kappa shape index (κ1) is 22.8. The van der Waals surface area contributed by atoms with Gasteiger partial charge in [0.15, 0.2) is 23.2 Å². The normalized spacial score (nSPS) is 20.3. The highest BCUT2D eigenvalue weighted by Gasteiger charge is 2.50. The summed E-state index contributed by atoms with van der Waals surface area (Å²) < 4.78 is 54.6. The van der Waals surface area contributed by atoms with Crippen LogP contribution in [-0.2, 0) is 15.3 Å². The molecule has 1 fully saturated rings. The van der Waals surface area contributed by atoms with Gasteiger partial charge in [-0.05, 0) is 42.8 Å². The van der Waals surface area contributed by atoms with Gasteiger partial charge in [0.2, 0.25) is 5.84 Å². The lowest BCUT2D eigenvalue weighted by Gasteiger charge is -2.38. The summed E-state index contributed by atoms with van der Waals surface area (Å²) in [7, 11) is 1.56. The van der Waals surface area contributed by atoms with E-state index in [2.05, 4.69) is 10.1 Å². The first-order valence-electron chi connectivity index (χ1n) is 10.7. The van der Waals surface area contributed by atoms with Crippen LogP contribution in [0.2, 0.25) is 0 Å². The number of aliphatic hydroxyl groups is 1. The molecule has 1 saturated heterocycles. The van der Waals surface area contributed by atoms with Gasteiger partial charge in [0.1, 0.15) is 19.0 Å². The average molecular weight is 486 g/mol. The van der Waals surface area contributed by atoms with Crippen molar-refractivity contribution in [2.24, 2.45) is 5.16 Å². The molecule has 3 aromatic rings. The van der Waals surface area contributed by atoms with Crippen LogP contribution in [0, 0.1) is 24.4 Å². The number of aromatic nitrogens is 2. The van der Waals surface area contributed by atoms with E-state index in [-0.39, 0.29) is 24.6 Å². The first-order chi connectivity index (χ1) is 16.9. The van der Waals surface area contributed by atoms with E-state index in [1.807, 2.05) is 29.8 Å². The summed E-state index contributed by atoms with van der Waals surface area (Å²) in [5.74, 6) is -3.25. The number of methoxy groups -OCH3 is 1. The topological polar surface area (TPSA) is 81.3 Å². The largest absolute Gasteiger partial charge is 0.495 e. The SMILES string of the molecule is COc1cc(C=C2OCCN3C2=NOC3(CO)c2cc(F)c(F)c(F)c2)ccc1-n1cnc(C)c1. The van der Waals surface area contributed by atoms with E-state index in [0.717, 1.165) is 29.1 Å². The molecule has 0 bridgehead atoms. The number of benzene rings is 2. The molecular formula is C24H21F3N4O4. The summed E-state index contributed by atoms with van der Waals surface area (Å²) in [6, 6.07) is 7.09. The second-order valence-electron chi connectivity index (χ2n) is 8.06. The molecule has 0 spiro atoms. The molecule has 1 atom stereocenters. The predicted octanol–water partition coefficient (Wildman–Crippen LogP) is 3.47. The zero-order chi connectivity index (χ0) is 24.7. The van der Waals surface area contributed by atoms with Gasteiger partial charge in [-0.3, -0.25) is 0 Å². The number of imidazole rings is 1. The standard InChI is InChI=1S/C24H21F3N4O4/c1-14-11-30(13-28-14)19-4-3-15(7-20(19)33-2)8-21-23-29-35-24(12-32,31(23)5-6-34-21)16-9-17(25)22(27)18(26)10-16/h3-4,7-11,13,32H,5-6,12H2,1-2H3. The molecule has 2 aromatic carbocycles. The van der Waals surface area contributed by atoms with Gasteiger partial charge >= 0.3 is 0 Å². The fraction of sp³-hybridized carbons (Fsp3) is 0.250. The number of hydrogen-bond donors (Lipinski definition) is 1. The van der Waals surface area contributed by atoms with Crippen LogP contribution in [0.15, 0.2) is 53.8 Å². The smallest absolute Gasteiger partial charge is 0.260 e. The highest BCUT2D eigenvalue weighted by molar-refractivity contribution is 6.01. The van der Waals surface area contributed by atoms with Gasteiger partial charge in [-0.1, -0.05) is 11.2 Å². The number of morpholine rings is 1.